The Labute approximate surface area is 120 Å². The lowest BCUT2D eigenvalue weighted by molar-refractivity contribution is 0.300. The summed E-state index contributed by atoms with van der Waals surface area (Å²) in [5.41, 5.74) is 1.25. The monoisotopic (exact) mass is 285 g/mol. The molecule has 2 rings (SSSR count). The van der Waals surface area contributed by atoms with Crippen molar-refractivity contribution in [2.45, 2.75) is 38.0 Å². The van der Waals surface area contributed by atoms with Crippen LogP contribution in [0.1, 0.15) is 43.6 Å². The topological polar surface area (TPSA) is 12.0 Å². The van der Waals surface area contributed by atoms with Crippen LogP contribution >= 0.6 is 23.2 Å². The van der Waals surface area contributed by atoms with Crippen molar-refractivity contribution >= 4 is 23.2 Å². The van der Waals surface area contributed by atoms with Crippen LogP contribution in [-0.2, 0) is 0 Å². The second kappa shape index (κ2) is 6.79. The summed E-state index contributed by atoms with van der Waals surface area (Å²) in [5, 5.41) is 4.85. The van der Waals surface area contributed by atoms with Crippen molar-refractivity contribution < 1.29 is 0 Å². The van der Waals surface area contributed by atoms with Crippen LogP contribution in [0.3, 0.4) is 0 Å². The Balaban J connectivity index is 2.22. The average Bonchev–Trinajstić information content (AvgIpc) is 2.38. The maximum atomic E-state index is 6.37. The van der Waals surface area contributed by atoms with Gasteiger partial charge in [0.15, 0.2) is 0 Å². The summed E-state index contributed by atoms with van der Waals surface area (Å²) in [4.78, 5) is 0. The summed E-state index contributed by atoms with van der Waals surface area (Å²) in [6, 6.07) is 5.92. The Morgan fingerprint density at radius 3 is 2.56 bits per heavy atom. The summed E-state index contributed by atoms with van der Waals surface area (Å²) in [7, 11) is 2.01. The molecule has 1 aromatic rings. The molecule has 1 saturated carbocycles. The highest BCUT2D eigenvalue weighted by Gasteiger charge is 2.26. The van der Waals surface area contributed by atoms with Gasteiger partial charge in [-0.15, -0.1) is 0 Å². The minimum absolute atomic E-state index is 0.514. The number of likely N-dealkylation sites (N-methyl/N-ethyl adjacent to an activating group) is 1. The summed E-state index contributed by atoms with van der Waals surface area (Å²) < 4.78 is 0. The molecule has 0 bridgehead atoms. The molecule has 1 nitrogen and oxygen atoms in total. The zero-order valence-corrected chi connectivity index (χ0v) is 12.4. The molecule has 18 heavy (non-hydrogen) atoms. The normalized spacial score (nSPS) is 18.8. The highest BCUT2D eigenvalue weighted by Crippen LogP contribution is 2.38. The fourth-order valence-electron chi connectivity index (χ4n) is 3.09. The maximum absolute atomic E-state index is 6.37. The minimum Gasteiger partial charge on any atom is -0.319 e. The maximum Gasteiger partial charge on any atom is 0.0456 e. The van der Waals surface area contributed by atoms with Gasteiger partial charge in [-0.25, -0.2) is 0 Å². The van der Waals surface area contributed by atoms with Crippen LogP contribution in [0.4, 0.5) is 0 Å². The van der Waals surface area contributed by atoms with E-state index in [4.69, 9.17) is 23.2 Å². The lowest BCUT2D eigenvalue weighted by Gasteiger charge is -2.31. The van der Waals surface area contributed by atoms with E-state index in [0.29, 0.717) is 5.92 Å². The van der Waals surface area contributed by atoms with Crippen molar-refractivity contribution in [3.8, 4) is 0 Å². The first-order valence-electron chi connectivity index (χ1n) is 6.82. The van der Waals surface area contributed by atoms with E-state index in [1.165, 1.54) is 37.7 Å². The lowest BCUT2D eigenvalue weighted by Crippen LogP contribution is -2.26. The van der Waals surface area contributed by atoms with Gasteiger partial charge in [-0.1, -0.05) is 48.5 Å². The molecule has 100 valence electrons. The molecule has 0 saturated heterocycles. The standard InChI is InChI=1S/C15H21Cl2N/c1-18-10-14(11-5-3-2-4-6-11)13-8-7-12(16)9-15(13)17/h7-9,11,14,18H,2-6,10H2,1H3. The molecule has 0 aromatic heterocycles. The number of rotatable bonds is 4. The van der Waals surface area contributed by atoms with E-state index in [0.717, 1.165) is 22.5 Å². The highest BCUT2D eigenvalue weighted by atomic mass is 35.5. The fourth-order valence-corrected chi connectivity index (χ4v) is 3.64. The predicted octanol–water partition coefficient (Wildman–Crippen LogP) is 4.88. The first kappa shape index (κ1) is 14.2. The lowest BCUT2D eigenvalue weighted by atomic mass is 9.77. The summed E-state index contributed by atoms with van der Waals surface area (Å²) >= 11 is 12.4. The molecule has 1 aliphatic carbocycles. The van der Waals surface area contributed by atoms with E-state index in [-0.39, 0.29) is 0 Å². The summed E-state index contributed by atoms with van der Waals surface area (Å²) in [6.45, 7) is 0.992. The van der Waals surface area contributed by atoms with E-state index in [2.05, 4.69) is 11.4 Å². The van der Waals surface area contributed by atoms with Crippen LogP contribution in [0.2, 0.25) is 10.0 Å². The Morgan fingerprint density at radius 1 is 1.22 bits per heavy atom. The second-order valence-electron chi connectivity index (χ2n) is 5.23. The Hall–Kier alpha value is -0.240. The first-order valence-corrected chi connectivity index (χ1v) is 7.57. The number of hydrogen-bond acceptors (Lipinski definition) is 1. The van der Waals surface area contributed by atoms with Crippen molar-refractivity contribution in [1.29, 1.82) is 0 Å². The number of nitrogens with one attached hydrogen (secondary N) is 1. The van der Waals surface area contributed by atoms with Crippen LogP contribution in [-0.4, -0.2) is 13.6 Å². The quantitative estimate of drug-likeness (QED) is 0.832. The van der Waals surface area contributed by atoms with E-state index < -0.39 is 0 Å². The third kappa shape index (κ3) is 3.40. The zero-order valence-electron chi connectivity index (χ0n) is 10.9. The van der Waals surface area contributed by atoms with Crippen molar-refractivity contribution in [3.05, 3.63) is 33.8 Å². The van der Waals surface area contributed by atoms with Crippen LogP contribution < -0.4 is 5.32 Å². The van der Waals surface area contributed by atoms with Crippen molar-refractivity contribution in [3.63, 3.8) is 0 Å². The summed E-state index contributed by atoms with van der Waals surface area (Å²) in [6.07, 6.45) is 6.75. The molecule has 3 heteroatoms. The van der Waals surface area contributed by atoms with Crippen molar-refractivity contribution in [2.75, 3.05) is 13.6 Å². The Kier molecular flexibility index (Phi) is 5.35. The van der Waals surface area contributed by atoms with Gasteiger partial charge < -0.3 is 5.32 Å². The van der Waals surface area contributed by atoms with Gasteiger partial charge in [0, 0.05) is 22.5 Å². The second-order valence-corrected chi connectivity index (χ2v) is 6.07. The molecule has 0 aliphatic heterocycles. The number of hydrogen-bond donors (Lipinski definition) is 1. The molecular formula is C15H21Cl2N. The molecule has 0 radical (unpaired) electrons. The van der Waals surface area contributed by atoms with Gasteiger partial charge in [0.05, 0.1) is 0 Å². The molecule has 1 N–H and O–H groups in total. The van der Waals surface area contributed by atoms with Crippen LogP contribution in [0, 0.1) is 5.92 Å². The van der Waals surface area contributed by atoms with E-state index in [1.54, 1.807) is 0 Å². The molecule has 0 amide bonds. The first-order chi connectivity index (χ1) is 8.72. The largest absolute Gasteiger partial charge is 0.319 e. The van der Waals surface area contributed by atoms with E-state index in [1.807, 2.05) is 19.2 Å². The SMILES string of the molecule is CNCC(c1ccc(Cl)cc1Cl)C1CCCCC1. The predicted molar refractivity (Wildman–Crippen MR) is 79.7 cm³/mol. The average molecular weight is 286 g/mol. The third-order valence-electron chi connectivity index (χ3n) is 4.00. The highest BCUT2D eigenvalue weighted by molar-refractivity contribution is 6.35. The van der Waals surface area contributed by atoms with Crippen LogP contribution in [0.5, 0.6) is 0 Å². The molecule has 0 spiro atoms. The van der Waals surface area contributed by atoms with Crippen LogP contribution in [0.15, 0.2) is 18.2 Å². The van der Waals surface area contributed by atoms with Gasteiger partial charge in [0.2, 0.25) is 0 Å². The fraction of sp³-hybridized carbons (Fsp3) is 0.600. The van der Waals surface area contributed by atoms with Gasteiger partial charge in [0.25, 0.3) is 0 Å². The molecule has 0 heterocycles. The molecule has 1 aliphatic rings. The van der Waals surface area contributed by atoms with Gasteiger partial charge in [0.1, 0.15) is 0 Å². The van der Waals surface area contributed by atoms with Gasteiger partial charge >= 0.3 is 0 Å². The smallest absolute Gasteiger partial charge is 0.0456 e. The zero-order chi connectivity index (χ0) is 13.0. The van der Waals surface area contributed by atoms with Gasteiger partial charge in [-0.3, -0.25) is 0 Å². The minimum atomic E-state index is 0.514. The molecule has 1 fully saturated rings. The third-order valence-corrected chi connectivity index (χ3v) is 4.57. The van der Waals surface area contributed by atoms with E-state index in [9.17, 15) is 0 Å². The Bertz CT molecular complexity index is 386. The van der Waals surface area contributed by atoms with Crippen molar-refractivity contribution in [2.24, 2.45) is 5.92 Å². The molecule has 1 atom stereocenters. The molecule has 1 aromatic carbocycles. The number of halogens is 2. The number of benzene rings is 1. The molecular weight excluding hydrogens is 265 g/mol. The van der Waals surface area contributed by atoms with Gasteiger partial charge in [-0.05, 0) is 43.5 Å². The van der Waals surface area contributed by atoms with Crippen molar-refractivity contribution in [1.82, 2.24) is 5.32 Å². The van der Waals surface area contributed by atoms with Crippen LogP contribution in [0.25, 0.3) is 0 Å². The summed E-state index contributed by atoms with van der Waals surface area (Å²) in [5.74, 6) is 1.27. The van der Waals surface area contributed by atoms with E-state index >= 15 is 0 Å². The molecule has 1 unspecified atom stereocenters. The van der Waals surface area contributed by atoms with Gasteiger partial charge in [-0.2, -0.15) is 0 Å². The Morgan fingerprint density at radius 2 is 1.94 bits per heavy atom.